The molecule has 7 heteroatoms. The van der Waals surface area contributed by atoms with Crippen molar-refractivity contribution in [2.45, 2.75) is 39.2 Å². The van der Waals surface area contributed by atoms with Crippen LogP contribution >= 0.6 is 23.7 Å². The third-order valence-corrected chi connectivity index (χ3v) is 5.72. The zero-order valence-electron chi connectivity index (χ0n) is 15.2. The molecule has 2 heterocycles. The largest absolute Gasteiger partial charge is 0.381 e. The van der Waals surface area contributed by atoms with Crippen molar-refractivity contribution in [1.29, 1.82) is 0 Å². The molecule has 0 spiro atoms. The fourth-order valence-electron chi connectivity index (χ4n) is 3.13. The van der Waals surface area contributed by atoms with Crippen LogP contribution in [0.15, 0.2) is 24.3 Å². The molecule has 5 nitrogen and oxygen atoms in total. The molecule has 1 unspecified atom stereocenters. The smallest absolute Gasteiger partial charge is 0.243 e. The number of rotatable bonds is 5. The second kappa shape index (κ2) is 9.46. The summed E-state index contributed by atoms with van der Waals surface area (Å²) in [5.74, 6) is 0.0318. The fourth-order valence-corrected chi connectivity index (χ4v) is 4.13. The number of nitrogens with one attached hydrogen (secondary N) is 1. The Kier molecular flexibility index (Phi) is 7.58. The summed E-state index contributed by atoms with van der Waals surface area (Å²) in [6.45, 7) is 5.44. The van der Waals surface area contributed by atoms with Gasteiger partial charge in [-0.25, -0.2) is 4.98 Å². The number of nitrogens with zero attached hydrogens (tertiary/aromatic N) is 1. The summed E-state index contributed by atoms with van der Waals surface area (Å²) >= 11 is 1.53. The third-order valence-electron chi connectivity index (χ3n) is 4.65. The second-order valence-corrected chi connectivity index (χ2v) is 7.74. The first-order chi connectivity index (χ1) is 12.0. The Labute approximate surface area is 164 Å². The Bertz CT molecular complexity index is 744. The Morgan fingerprint density at radius 3 is 2.81 bits per heavy atom. The molecule has 142 valence electrons. The molecule has 0 radical (unpaired) electrons. The molecule has 1 aromatic carbocycles. The lowest BCUT2D eigenvalue weighted by molar-refractivity contribution is -0.119. The molecule has 1 aromatic heterocycles. The van der Waals surface area contributed by atoms with Crippen molar-refractivity contribution in [3.05, 3.63) is 46.0 Å². The van der Waals surface area contributed by atoms with Gasteiger partial charge < -0.3 is 15.8 Å². The van der Waals surface area contributed by atoms with Crippen LogP contribution in [0.2, 0.25) is 0 Å². The van der Waals surface area contributed by atoms with Gasteiger partial charge in [0, 0.05) is 24.5 Å². The lowest BCUT2D eigenvalue weighted by atomic mass is 9.92. The van der Waals surface area contributed by atoms with E-state index >= 15 is 0 Å². The number of carbonyl (C=O) groups excluding carboxylic acids is 1. The standard InChI is InChI=1S/C19H25N3O2S.ClH/c1-12-4-3-5-14(10-12)11-16-13(2)21-19(25-16)22-18(23)17(20)15-6-8-24-9-7-15;/h3-5,10,15,17H,6-9,11,20H2,1-2H3,(H,21,22,23);1H. The number of aryl methyl sites for hydroxylation is 2. The summed E-state index contributed by atoms with van der Waals surface area (Å²) in [7, 11) is 0. The fraction of sp³-hybridized carbons (Fsp3) is 0.474. The molecular formula is C19H26ClN3O2S. The average Bonchev–Trinajstić information content (AvgIpc) is 2.94. The Morgan fingerprint density at radius 1 is 1.38 bits per heavy atom. The summed E-state index contributed by atoms with van der Waals surface area (Å²) in [5.41, 5.74) is 9.59. The molecule has 1 atom stereocenters. The predicted molar refractivity (Wildman–Crippen MR) is 108 cm³/mol. The van der Waals surface area contributed by atoms with Crippen LogP contribution < -0.4 is 11.1 Å². The summed E-state index contributed by atoms with van der Waals surface area (Å²) in [5, 5.41) is 3.53. The van der Waals surface area contributed by atoms with Gasteiger partial charge in [-0.2, -0.15) is 0 Å². The lowest BCUT2D eigenvalue weighted by Crippen LogP contribution is -2.43. The molecule has 0 aliphatic carbocycles. The maximum Gasteiger partial charge on any atom is 0.243 e. The van der Waals surface area contributed by atoms with E-state index < -0.39 is 6.04 Å². The van der Waals surface area contributed by atoms with Gasteiger partial charge >= 0.3 is 0 Å². The summed E-state index contributed by atoms with van der Waals surface area (Å²) in [6, 6.07) is 7.95. The number of thiazole rings is 1. The van der Waals surface area contributed by atoms with Gasteiger partial charge in [-0.05, 0) is 38.2 Å². The van der Waals surface area contributed by atoms with E-state index in [-0.39, 0.29) is 24.2 Å². The SMILES string of the molecule is Cc1cccc(Cc2sc(NC(=O)C(N)C3CCOCC3)nc2C)c1.Cl. The van der Waals surface area contributed by atoms with E-state index in [4.69, 9.17) is 10.5 Å². The first-order valence-corrected chi connectivity index (χ1v) is 9.50. The molecule has 0 saturated carbocycles. The minimum Gasteiger partial charge on any atom is -0.381 e. The van der Waals surface area contributed by atoms with Crippen LogP contribution in [0.4, 0.5) is 5.13 Å². The summed E-state index contributed by atoms with van der Waals surface area (Å²) in [4.78, 5) is 18.1. The number of hydrogen-bond donors (Lipinski definition) is 2. The Morgan fingerprint density at radius 2 is 2.12 bits per heavy atom. The molecule has 1 aliphatic heterocycles. The third kappa shape index (κ3) is 5.27. The monoisotopic (exact) mass is 395 g/mol. The van der Waals surface area contributed by atoms with Crippen LogP contribution in [0.3, 0.4) is 0 Å². The van der Waals surface area contributed by atoms with E-state index in [9.17, 15) is 4.79 Å². The number of aromatic nitrogens is 1. The highest BCUT2D eigenvalue weighted by Gasteiger charge is 2.27. The van der Waals surface area contributed by atoms with Gasteiger partial charge in [-0.15, -0.1) is 23.7 Å². The van der Waals surface area contributed by atoms with Gasteiger partial charge in [0.05, 0.1) is 11.7 Å². The molecule has 1 saturated heterocycles. The molecule has 1 amide bonds. The van der Waals surface area contributed by atoms with Crippen molar-refractivity contribution in [3.8, 4) is 0 Å². The number of halogens is 1. The van der Waals surface area contributed by atoms with Crippen LogP contribution in [0, 0.1) is 19.8 Å². The van der Waals surface area contributed by atoms with Crippen LogP contribution in [-0.4, -0.2) is 30.1 Å². The molecule has 3 rings (SSSR count). The topological polar surface area (TPSA) is 77.2 Å². The van der Waals surface area contributed by atoms with Gasteiger partial charge in [-0.1, -0.05) is 29.8 Å². The first-order valence-electron chi connectivity index (χ1n) is 8.69. The van der Waals surface area contributed by atoms with Crippen molar-refractivity contribution < 1.29 is 9.53 Å². The van der Waals surface area contributed by atoms with Crippen molar-refractivity contribution >= 4 is 34.8 Å². The minimum absolute atomic E-state index is 0. The van der Waals surface area contributed by atoms with Gasteiger partial charge in [0.25, 0.3) is 0 Å². The van der Waals surface area contributed by atoms with Crippen molar-refractivity contribution in [2.24, 2.45) is 11.7 Å². The lowest BCUT2D eigenvalue weighted by Gasteiger charge is -2.26. The molecule has 0 bridgehead atoms. The molecule has 1 fully saturated rings. The van der Waals surface area contributed by atoms with Crippen molar-refractivity contribution in [2.75, 3.05) is 18.5 Å². The number of benzene rings is 1. The maximum absolute atomic E-state index is 12.4. The van der Waals surface area contributed by atoms with E-state index in [0.29, 0.717) is 18.3 Å². The van der Waals surface area contributed by atoms with Gasteiger partial charge in [0.15, 0.2) is 5.13 Å². The highest BCUT2D eigenvalue weighted by molar-refractivity contribution is 7.15. The molecule has 1 aliphatic rings. The molecular weight excluding hydrogens is 370 g/mol. The van der Waals surface area contributed by atoms with Gasteiger partial charge in [-0.3, -0.25) is 4.79 Å². The Hall–Kier alpha value is -1.47. The van der Waals surface area contributed by atoms with Crippen LogP contribution in [0.1, 0.15) is 34.5 Å². The van der Waals surface area contributed by atoms with Crippen LogP contribution in [0.25, 0.3) is 0 Å². The van der Waals surface area contributed by atoms with Crippen LogP contribution in [0.5, 0.6) is 0 Å². The van der Waals surface area contributed by atoms with Gasteiger partial charge in [0.2, 0.25) is 5.91 Å². The minimum atomic E-state index is -0.506. The summed E-state index contributed by atoms with van der Waals surface area (Å²) < 4.78 is 5.33. The second-order valence-electron chi connectivity index (χ2n) is 6.66. The number of anilines is 1. The zero-order valence-corrected chi connectivity index (χ0v) is 16.8. The highest BCUT2D eigenvalue weighted by atomic mass is 35.5. The van der Waals surface area contributed by atoms with E-state index in [1.807, 2.05) is 6.92 Å². The summed E-state index contributed by atoms with van der Waals surface area (Å²) in [6.07, 6.45) is 2.50. The van der Waals surface area contributed by atoms with E-state index in [1.165, 1.54) is 27.3 Å². The van der Waals surface area contributed by atoms with Gasteiger partial charge in [0.1, 0.15) is 0 Å². The van der Waals surface area contributed by atoms with E-state index in [0.717, 1.165) is 25.0 Å². The number of nitrogens with two attached hydrogens (primary N) is 1. The predicted octanol–water partition coefficient (Wildman–Crippen LogP) is 3.46. The van der Waals surface area contributed by atoms with Crippen molar-refractivity contribution in [1.82, 2.24) is 4.98 Å². The number of ether oxygens (including phenoxy) is 1. The number of hydrogen-bond acceptors (Lipinski definition) is 5. The van der Waals surface area contributed by atoms with E-state index in [1.54, 1.807) is 0 Å². The number of amides is 1. The zero-order chi connectivity index (χ0) is 17.8. The number of carbonyl (C=O) groups is 1. The molecule has 26 heavy (non-hydrogen) atoms. The average molecular weight is 396 g/mol. The quantitative estimate of drug-likeness (QED) is 0.812. The maximum atomic E-state index is 12.4. The highest BCUT2D eigenvalue weighted by Crippen LogP contribution is 2.26. The molecule has 2 aromatic rings. The van der Waals surface area contributed by atoms with Crippen LogP contribution in [-0.2, 0) is 16.0 Å². The first kappa shape index (κ1) is 20.8. The Balaban J connectivity index is 0.00000243. The van der Waals surface area contributed by atoms with E-state index in [2.05, 4.69) is 41.5 Å². The normalized spacial score (nSPS) is 16.0. The van der Waals surface area contributed by atoms with Crippen molar-refractivity contribution in [3.63, 3.8) is 0 Å². The molecule has 3 N–H and O–H groups in total.